The Bertz CT molecular complexity index is 545. The van der Waals surface area contributed by atoms with Gasteiger partial charge in [-0.2, -0.15) is 0 Å². The number of halogens is 2. The number of likely N-dealkylation sites (N-methyl/N-ethyl adjacent to an activating group) is 1. The van der Waals surface area contributed by atoms with Gasteiger partial charge in [-0.05, 0) is 51.8 Å². The number of anilines is 1. The van der Waals surface area contributed by atoms with E-state index in [2.05, 4.69) is 20.9 Å². The first-order valence-corrected chi connectivity index (χ1v) is 6.70. The third-order valence-electron chi connectivity index (χ3n) is 3.04. The van der Waals surface area contributed by atoms with E-state index >= 15 is 0 Å². The smallest absolute Gasteiger partial charge is 0.123 e. The Hall–Kier alpha value is -1.46. The van der Waals surface area contributed by atoms with Crippen molar-refractivity contribution in [1.82, 2.24) is 4.98 Å². The second-order valence-electron chi connectivity index (χ2n) is 4.28. The summed E-state index contributed by atoms with van der Waals surface area (Å²) in [6, 6.07) is 8.35. The Morgan fingerprint density at radius 3 is 2.58 bits per heavy atom. The Balaban J connectivity index is 2.28. The van der Waals surface area contributed by atoms with Gasteiger partial charge in [0.1, 0.15) is 5.82 Å². The van der Waals surface area contributed by atoms with Crippen LogP contribution in [0, 0.1) is 5.82 Å². The fourth-order valence-corrected chi connectivity index (χ4v) is 2.37. The van der Waals surface area contributed by atoms with E-state index in [-0.39, 0.29) is 11.9 Å². The van der Waals surface area contributed by atoms with Gasteiger partial charge >= 0.3 is 0 Å². The summed E-state index contributed by atoms with van der Waals surface area (Å²) in [5, 5.41) is 0. The molecule has 0 spiro atoms. The van der Waals surface area contributed by atoms with Crippen LogP contribution in [0.15, 0.2) is 47.2 Å². The number of aromatic nitrogens is 1. The van der Waals surface area contributed by atoms with Crippen LogP contribution in [-0.4, -0.2) is 18.6 Å². The highest BCUT2D eigenvalue weighted by Gasteiger charge is 2.16. The molecule has 5 heteroatoms. The molecule has 0 aliphatic heterocycles. The largest absolute Gasteiger partial charge is 0.366 e. The van der Waals surface area contributed by atoms with Gasteiger partial charge in [-0.15, -0.1) is 0 Å². The van der Waals surface area contributed by atoms with Gasteiger partial charge in [0.05, 0.1) is 6.04 Å². The lowest BCUT2D eigenvalue weighted by molar-refractivity contribution is 0.626. The van der Waals surface area contributed by atoms with Crippen molar-refractivity contribution in [2.24, 2.45) is 5.73 Å². The van der Waals surface area contributed by atoms with E-state index in [4.69, 9.17) is 5.73 Å². The van der Waals surface area contributed by atoms with Crippen molar-refractivity contribution < 1.29 is 4.39 Å². The molecule has 3 nitrogen and oxygen atoms in total. The summed E-state index contributed by atoms with van der Waals surface area (Å²) in [7, 11) is 1.94. The normalized spacial score (nSPS) is 12.2. The molecule has 0 fully saturated rings. The third kappa shape index (κ3) is 3.30. The summed E-state index contributed by atoms with van der Waals surface area (Å²) in [5.41, 5.74) is 7.80. The molecule has 0 amide bonds. The average Bonchev–Trinajstić information content (AvgIpc) is 2.40. The van der Waals surface area contributed by atoms with Gasteiger partial charge < -0.3 is 10.6 Å². The van der Waals surface area contributed by atoms with Crippen molar-refractivity contribution in [3.8, 4) is 0 Å². The third-order valence-corrected chi connectivity index (χ3v) is 3.47. The summed E-state index contributed by atoms with van der Waals surface area (Å²) in [6.07, 6.45) is 3.53. The van der Waals surface area contributed by atoms with E-state index in [0.717, 1.165) is 15.7 Å². The molecular weight excluding hydrogens is 309 g/mol. The Kier molecular flexibility index (Phi) is 4.50. The fourth-order valence-electron chi connectivity index (χ4n) is 1.98. The molecule has 0 saturated heterocycles. The van der Waals surface area contributed by atoms with E-state index in [0.29, 0.717) is 6.54 Å². The summed E-state index contributed by atoms with van der Waals surface area (Å²) >= 11 is 3.40. The van der Waals surface area contributed by atoms with Crippen molar-refractivity contribution >= 4 is 21.6 Å². The number of rotatable bonds is 4. The molecule has 0 aliphatic carbocycles. The summed E-state index contributed by atoms with van der Waals surface area (Å²) in [6.45, 7) is 0.450. The Labute approximate surface area is 120 Å². The van der Waals surface area contributed by atoms with Crippen molar-refractivity contribution in [2.75, 3.05) is 18.5 Å². The fraction of sp³-hybridized carbons (Fsp3) is 0.214. The average molecular weight is 324 g/mol. The van der Waals surface area contributed by atoms with Gasteiger partial charge in [0, 0.05) is 36.1 Å². The Morgan fingerprint density at radius 1 is 1.32 bits per heavy atom. The summed E-state index contributed by atoms with van der Waals surface area (Å²) in [5.74, 6) is -0.245. The molecule has 0 radical (unpaired) electrons. The standard InChI is InChI=1S/C14H15BrFN3/c1-19(13-4-2-12(16)3-5-13)14(7-17)10-6-11(15)9-18-8-10/h2-6,8-9,14H,7,17H2,1H3. The minimum Gasteiger partial charge on any atom is -0.366 e. The number of pyridine rings is 1. The predicted octanol–water partition coefficient (Wildman–Crippen LogP) is 3.12. The molecule has 100 valence electrons. The zero-order valence-electron chi connectivity index (χ0n) is 10.6. The van der Waals surface area contributed by atoms with Crippen LogP contribution in [0.3, 0.4) is 0 Å². The quantitative estimate of drug-likeness (QED) is 0.940. The highest BCUT2D eigenvalue weighted by Crippen LogP contribution is 2.26. The van der Waals surface area contributed by atoms with Gasteiger partial charge in [0.15, 0.2) is 0 Å². The van der Waals surface area contributed by atoms with E-state index in [9.17, 15) is 4.39 Å². The molecule has 1 aromatic heterocycles. The van der Waals surface area contributed by atoms with Gasteiger partial charge in [-0.3, -0.25) is 4.98 Å². The van der Waals surface area contributed by atoms with E-state index in [1.165, 1.54) is 12.1 Å². The van der Waals surface area contributed by atoms with Crippen LogP contribution in [0.25, 0.3) is 0 Å². The first kappa shape index (κ1) is 14.0. The maximum atomic E-state index is 12.9. The van der Waals surface area contributed by atoms with Crippen molar-refractivity contribution in [1.29, 1.82) is 0 Å². The molecule has 1 atom stereocenters. The van der Waals surface area contributed by atoms with Crippen LogP contribution in [-0.2, 0) is 0 Å². The first-order valence-electron chi connectivity index (χ1n) is 5.90. The molecule has 2 rings (SSSR count). The highest BCUT2D eigenvalue weighted by molar-refractivity contribution is 9.10. The van der Waals surface area contributed by atoms with Crippen LogP contribution < -0.4 is 10.6 Å². The molecule has 0 bridgehead atoms. The van der Waals surface area contributed by atoms with Crippen LogP contribution in [0.4, 0.5) is 10.1 Å². The van der Waals surface area contributed by atoms with Crippen LogP contribution in [0.2, 0.25) is 0 Å². The highest BCUT2D eigenvalue weighted by atomic mass is 79.9. The van der Waals surface area contributed by atoms with Crippen LogP contribution in [0.1, 0.15) is 11.6 Å². The lowest BCUT2D eigenvalue weighted by Crippen LogP contribution is -2.30. The van der Waals surface area contributed by atoms with Crippen molar-refractivity contribution in [2.45, 2.75) is 6.04 Å². The monoisotopic (exact) mass is 323 g/mol. The van der Waals surface area contributed by atoms with Gasteiger partial charge in [-0.25, -0.2) is 4.39 Å². The SMILES string of the molecule is CN(c1ccc(F)cc1)C(CN)c1cncc(Br)c1. The number of benzene rings is 1. The van der Waals surface area contributed by atoms with E-state index in [1.54, 1.807) is 24.5 Å². The van der Waals surface area contributed by atoms with Crippen molar-refractivity contribution in [3.05, 3.63) is 58.6 Å². The van der Waals surface area contributed by atoms with Gasteiger partial charge in [-0.1, -0.05) is 0 Å². The number of hydrogen-bond donors (Lipinski definition) is 1. The predicted molar refractivity (Wildman–Crippen MR) is 78.5 cm³/mol. The molecule has 1 aromatic carbocycles. The van der Waals surface area contributed by atoms with Crippen LogP contribution >= 0.6 is 15.9 Å². The molecular formula is C14H15BrFN3. The molecule has 0 saturated carbocycles. The maximum Gasteiger partial charge on any atom is 0.123 e. The van der Waals surface area contributed by atoms with Crippen LogP contribution in [0.5, 0.6) is 0 Å². The second kappa shape index (κ2) is 6.12. The molecule has 2 N–H and O–H groups in total. The van der Waals surface area contributed by atoms with E-state index < -0.39 is 0 Å². The lowest BCUT2D eigenvalue weighted by atomic mass is 10.1. The zero-order valence-corrected chi connectivity index (χ0v) is 12.1. The minimum atomic E-state index is -0.245. The second-order valence-corrected chi connectivity index (χ2v) is 5.19. The maximum absolute atomic E-state index is 12.9. The minimum absolute atomic E-state index is 0.00420. The lowest BCUT2D eigenvalue weighted by Gasteiger charge is -2.29. The first-order chi connectivity index (χ1) is 9.11. The van der Waals surface area contributed by atoms with Gasteiger partial charge in [0.2, 0.25) is 0 Å². The van der Waals surface area contributed by atoms with E-state index in [1.807, 2.05) is 18.0 Å². The number of hydrogen-bond acceptors (Lipinski definition) is 3. The van der Waals surface area contributed by atoms with Gasteiger partial charge in [0.25, 0.3) is 0 Å². The molecule has 19 heavy (non-hydrogen) atoms. The molecule has 1 unspecified atom stereocenters. The summed E-state index contributed by atoms with van der Waals surface area (Å²) < 4.78 is 13.9. The Morgan fingerprint density at radius 2 is 2.00 bits per heavy atom. The zero-order chi connectivity index (χ0) is 13.8. The topological polar surface area (TPSA) is 42.1 Å². The molecule has 1 heterocycles. The number of nitrogens with two attached hydrogens (primary N) is 1. The van der Waals surface area contributed by atoms with Crippen molar-refractivity contribution in [3.63, 3.8) is 0 Å². The molecule has 0 aliphatic rings. The summed E-state index contributed by atoms with van der Waals surface area (Å²) in [4.78, 5) is 6.17. The molecule has 2 aromatic rings. The number of nitrogens with zero attached hydrogens (tertiary/aromatic N) is 2.